The number of anilines is 1. The van der Waals surface area contributed by atoms with Gasteiger partial charge in [0.05, 0.1) is 0 Å². The molecule has 0 bridgehead atoms. The fourth-order valence-corrected chi connectivity index (χ4v) is 5.83. The molecule has 0 spiro atoms. The van der Waals surface area contributed by atoms with Gasteiger partial charge in [0.15, 0.2) is 0 Å². The second-order valence-corrected chi connectivity index (χ2v) is 10.2. The number of nitrogens with zero attached hydrogens (tertiary/aromatic N) is 4. The third-order valence-electron chi connectivity index (χ3n) is 5.29. The van der Waals surface area contributed by atoms with E-state index in [2.05, 4.69) is 30.0 Å². The van der Waals surface area contributed by atoms with Gasteiger partial charge in [-0.3, -0.25) is 14.6 Å². The molecule has 4 rings (SSSR count). The maximum atomic E-state index is 14.8. The van der Waals surface area contributed by atoms with Crippen LogP contribution in [0.1, 0.15) is 30.4 Å². The van der Waals surface area contributed by atoms with Gasteiger partial charge in [-0.2, -0.15) is 4.37 Å². The van der Waals surface area contributed by atoms with Gasteiger partial charge in [0.25, 0.3) is 10.0 Å². The zero-order chi connectivity index (χ0) is 21.8. The van der Waals surface area contributed by atoms with E-state index in [-0.39, 0.29) is 10.2 Å². The van der Waals surface area contributed by atoms with Crippen molar-refractivity contribution >= 4 is 38.3 Å². The summed E-state index contributed by atoms with van der Waals surface area (Å²) in [5, 5.41) is 0.274. The van der Waals surface area contributed by atoms with E-state index >= 15 is 0 Å². The third-order valence-corrected chi connectivity index (χ3v) is 7.71. The summed E-state index contributed by atoms with van der Waals surface area (Å²) in [5.41, 5.74) is 1.72. The Hall–Kier alpha value is -2.14. The molecule has 31 heavy (non-hydrogen) atoms. The van der Waals surface area contributed by atoms with Gasteiger partial charge < -0.3 is 0 Å². The van der Waals surface area contributed by atoms with Crippen molar-refractivity contribution in [1.29, 1.82) is 0 Å². The number of pyridine rings is 1. The van der Waals surface area contributed by atoms with Crippen molar-refractivity contribution in [2.24, 2.45) is 0 Å². The van der Waals surface area contributed by atoms with E-state index in [1.54, 1.807) is 6.20 Å². The molecule has 7 nitrogen and oxygen atoms in total. The Labute approximate surface area is 189 Å². The predicted molar refractivity (Wildman–Crippen MR) is 118 cm³/mol. The molecule has 1 N–H and O–H groups in total. The first-order valence-electron chi connectivity index (χ1n) is 9.83. The van der Waals surface area contributed by atoms with Crippen molar-refractivity contribution in [3.63, 3.8) is 0 Å². The lowest BCUT2D eigenvalue weighted by molar-refractivity contribution is 0.139. The van der Waals surface area contributed by atoms with Crippen LogP contribution in [0.15, 0.2) is 47.9 Å². The molecule has 11 heteroatoms. The van der Waals surface area contributed by atoms with E-state index in [0.717, 1.165) is 55.4 Å². The van der Waals surface area contributed by atoms with Crippen molar-refractivity contribution in [3.05, 3.63) is 65.0 Å². The lowest BCUT2D eigenvalue weighted by atomic mass is 9.95. The molecule has 0 radical (unpaired) electrons. The molecule has 1 atom stereocenters. The number of piperidine rings is 1. The number of hydrogen-bond acceptors (Lipinski definition) is 7. The van der Waals surface area contributed by atoms with E-state index in [1.165, 1.54) is 12.4 Å². The van der Waals surface area contributed by atoms with Crippen molar-refractivity contribution in [2.45, 2.75) is 43.2 Å². The molecule has 3 aromatic rings. The van der Waals surface area contributed by atoms with E-state index in [0.29, 0.717) is 18.2 Å². The Kier molecular flexibility index (Phi) is 6.80. The van der Waals surface area contributed by atoms with Crippen molar-refractivity contribution in [1.82, 2.24) is 19.2 Å². The number of aromatic nitrogens is 3. The standard InChI is InChI=1S/C20H21ClFN5O2S2/c21-17-10-19(31(28,29)26-20-24-13-25-30-20)18(22)9-15(17)12-27-7-2-1-5-16(27)8-14-4-3-6-23-11-14/h3-4,6,9-11,13,16H,1-2,5,7-8,12H2,(H,24,25,26)/t16-/m0/s1. The van der Waals surface area contributed by atoms with E-state index < -0.39 is 20.7 Å². The molecule has 0 aliphatic carbocycles. The minimum atomic E-state index is -4.16. The Balaban J connectivity index is 1.53. The minimum absolute atomic E-state index is 0.0613. The molecule has 0 saturated carbocycles. The van der Waals surface area contributed by atoms with E-state index in [4.69, 9.17) is 11.6 Å². The maximum Gasteiger partial charge on any atom is 0.266 e. The van der Waals surface area contributed by atoms with E-state index in [1.807, 2.05) is 12.3 Å². The van der Waals surface area contributed by atoms with Crippen LogP contribution in [-0.2, 0) is 23.0 Å². The average molecular weight is 482 g/mol. The number of rotatable bonds is 7. The summed E-state index contributed by atoms with van der Waals surface area (Å²) in [6, 6.07) is 6.64. The lowest BCUT2D eigenvalue weighted by Gasteiger charge is -2.36. The summed E-state index contributed by atoms with van der Waals surface area (Å²) in [4.78, 5) is 9.72. The highest BCUT2D eigenvalue weighted by atomic mass is 35.5. The summed E-state index contributed by atoms with van der Waals surface area (Å²) < 4.78 is 45.8. The molecule has 1 aliphatic rings. The topological polar surface area (TPSA) is 88.1 Å². The summed E-state index contributed by atoms with van der Waals surface area (Å²) >= 11 is 7.26. The number of benzene rings is 1. The average Bonchev–Trinajstić information content (AvgIpc) is 3.25. The zero-order valence-electron chi connectivity index (χ0n) is 16.5. The molecule has 0 unspecified atom stereocenters. The molecule has 1 aliphatic heterocycles. The van der Waals surface area contributed by atoms with Crippen molar-refractivity contribution in [3.8, 4) is 0 Å². The fraction of sp³-hybridized carbons (Fsp3) is 0.350. The van der Waals surface area contributed by atoms with Gasteiger partial charge in [-0.05, 0) is 55.1 Å². The van der Waals surface area contributed by atoms with Crippen LogP contribution in [0.25, 0.3) is 0 Å². The summed E-state index contributed by atoms with van der Waals surface area (Å²) in [6.07, 6.45) is 8.92. The van der Waals surface area contributed by atoms with Crippen LogP contribution < -0.4 is 4.72 Å². The molecule has 2 aromatic heterocycles. The molecule has 3 heterocycles. The summed E-state index contributed by atoms with van der Waals surface area (Å²) in [5.74, 6) is -0.850. The van der Waals surface area contributed by atoms with E-state index in [9.17, 15) is 12.8 Å². The molecular weight excluding hydrogens is 461 g/mol. The Morgan fingerprint density at radius 2 is 2.19 bits per heavy atom. The van der Waals surface area contributed by atoms with Crippen LogP contribution in [0.2, 0.25) is 5.02 Å². The lowest BCUT2D eigenvalue weighted by Crippen LogP contribution is -2.40. The first-order valence-corrected chi connectivity index (χ1v) is 12.5. The SMILES string of the molecule is O=S(=O)(Nc1ncns1)c1cc(Cl)c(CN2CCCC[C@H]2Cc2cccnc2)cc1F. The normalized spacial score (nSPS) is 17.5. The quantitative estimate of drug-likeness (QED) is 0.546. The molecule has 0 amide bonds. The van der Waals surface area contributed by atoms with Crippen LogP contribution in [0.5, 0.6) is 0 Å². The second-order valence-electron chi connectivity index (χ2n) is 7.41. The largest absolute Gasteiger partial charge is 0.296 e. The Morgan fingerprint density at radius 3 is 2.94 bits per heavy atom. The zero-order valence-corrected chi connectivity index (χ0v) is 18.9. The molecular formula is C20H21ClFN5O2S2. The second kappa shape index (κ2) is 9.56. The molecule has 164 valence electrons. The molecule has 1 aromatic carbocycles. The van der Waals surface area contributed by atoms with Gasteiger partial charge in [0, 0.05) is 41.5 Å². The number of halogens is 2. The minimum Gasteiger partial charge on any atom is -0.296 e. The molecule has 1 fully saturated rings. The highest BCUT2D eigenvalue weighted by Crippen LogP contribution is 2.29. The first-order chi connectivity index (χ1) is 14.9. The van der Waals surface area contributed by atoms with Crippen LogP contribution in [0, 0.1) is 5.82 Å². The van der Waals surface area contributed by atoms with Gasteiger partial charge in [0.2, 0.25) is 5.13 Å². The highest BCUT2D eigenvalue weighted by molar-refractivity contribution is 7.93. The fourth-order valence-electron chi connectivity index (χ4n) is 3.79. The maximum absolute atomic E-state index is 14.8. The van der Waals surface area contributed by atoms with Gasteiger partial charge in [-0.25, -0.2) is 17.8 Å². The number of nitrogens with one attached hydrogen (secondary N) is 1. The Morgan fingerprint density at radius 1 is 1.32 bits per heavy atom. The van der Waals surface area contributed by atoms with Crippen molar-refractivity contribution < 1.29 is 12.8 Å². The van der Waals surface area contributed by atoms with Gasteiger partial charge in [-0.15, -0.1) is 0 Å². The molecule has 1 saturated heterocycles. The number of hydrogen-bond donors (Lipinski definition) is 1. The predicted octanol–water partition coefficient (Wildman–Crippen LogP) is 4.12. The van der Waals surface area contributed by atoms with Crippen molar-refractivity contribution in [2.75, 3.05) is 11.3 Å². The van der Waals surface area contributed by atoms with Gasteiger partial charge in [-0.1, -0.05) is 24.1 Å². The first kappa shape index (κ1) is 22.1. The van der Waals surface area contributed by atoms with Crippen LogP contribution >= 0.6 is 23.1 Å². The summed E-state index contributed by atoms with van der Waals surface area (Å²) in [7, 11) is -4.16. The van der Waals surface area contributed by atoms with Crippen LogP contribution in [0.4, 0.5) is 9.52 Å². The summed E-state index contributed by atoms with van der Waals surface area (Å²) in [6.45, 7) is 1.33. The smallest absolute Gasteiger partial charge is 0.266 e. The Bertz CT molecular complexity index is 1130. The highest BCUT2D eigenvalue weighted by Gasteiger charge is 2.26. The number of likely N-dealkylation sites (tertiary alicyclic amines) is 1. The number of sulfonamides is 1. The van der Waals surface area contributed by atoms with Crippen LogP contribution in [0.3, 0.4) is 0 Å². The van der Waals surface area contributed by atoms with Crippen LogP contribution in [-0.4, -0.2) is 40.2 Å². The monoisotopic (exact) mass is 481 g/mol. The third kappa shape index (κ3) is 5.38. The van der Waals surface area contributed by atoms with Gasteiger partial charge in [0.1, 0.15) is 17.0 Å². The van der Waals surface area contributed by atoms with Gasteiger partial charge >= 0.3 is 0 Å².